The molecule has 1 aliphatic carbocycles. The summed E-state index contributed by atoms with van der Waals surface area (Å²) in [5.74, 6) is -1.56. The summed E-state index contributed by atoms with van der Waals surface area (Å²) in [4.78, 5) is 11.5. The fourth-order valence-corrected chi connectivity index (χ4v) is 2.48. The molecule has 0 aliphatic heterocycles. The van der Waals surface area contributed by atoms with Gasteiger partial charge in [0.1, 0.15) is 6.17 Å². The fraction of sp³-hybridized carbons (Fsp3) is 0.357. The predicted molar refractivity (Wildman–Crippen MR) is 71.0 cm³/mol. The van der Waals surface area contributed by atoms with Gasteiger partial charge in [-0.1, -0.05) is 40.2 Å². The minimum absolute atomic E-state index is 0.379. The molecule has 4 heteroatoms. The summed E-state index contributed by atoms with van der Waals surface area (Å²) in [6.07, 6.45) is 2.85. The van der Waals surface area contributed by atoms with Crippen molar-refractivity contribution in [2.75, 3.05) is 7.11 Å². The molecule has 3 unspecified atom stereocenters. The van der Waals surface area contributed by atoms with Gasteiger partial charge in [0.2, 0.25) is 0 Å². The summed E-state index contributed by atoms with van der Waals surface area (Å²) >= 11 is 3.34. The average Bonchev–Trinajstić information content (AvgIpc) is 2.39. The van der Waals surface area contributed by atoms with Crippen LogP contribution in [0.25, 0.3) is 0 Å². The van der Waals surface area contributed by atoms with Gasteiger partial charge >= 0.3 is 5.97 Å². The van der Waals surface area contributed by atoms with Crippen molar-refractivity contribution >= 4 is 21.9 Å². The van der Waals surface area contributed by atoms with Gasteiger partial charge in [-0.3, -0.25) is 4.79 Å². The van der Waals surface area contributed by atoms with E-state index in [1.807, 2.05) is 36.4 Å². The highest BCUT2D eigenvalue weighted by Gasteiger charge is 2.36. The molecule has 0 radical (unpaired) electrons. The molecule has 0 spiro atoms. The van der Waals surface area contributed by atoms with E-state index in [0.29, 0.717) is 6.42 Å². The van der Waals surface area contributed by atoms with Gasteiger partial charge in [0, 0.05) is 10.4 Å². The number of hydrogen-bond donors (Lipinski definition) is 0. The third-order valence-electron chi connectivity index (χ3n) is 3.22. The average molecular weight is 313 g/mol. The highest BCUT2D eigenvalue weighted by atomic mass is 79.9. The van der Waals surface area contributed by atoms with E-state index in [9.17, 15) is 9.18 Å². The van der Waals surface area contributed by atoms with Crippen molar-refractivity contribution in [2.45, 2.75) is 18.5 Å². The van der Waals surface area contributed by atoms with Crippen molar-refractivity contribution in [3.63, 3.8) is 0 Å². The number of halogens is 2. The molecule has 18 heavy (non-hydrogen) atoms. The van der Waals surface area contributed by atoms with Crippen LogP contribution in [0, 0.1) is 5.92 Å². The van der Waals surface area contributed by atoms with Gasteiger partial charge in [-0.15, -0.1) is 0 Å². The number of allylic oxidation sites excluding steroid dienone is 2. The van der Waals surface area contributed by atoms with E-state index in [-0.39, 0.29) is 5.92 Å². The van der Waals surface area contributed by atoms with Crippen molar-refractivity contribution in [2.24, 2.45) is 5.92 Å². The van der Waals surface area contributed by atoms with Crippen molar-refractivity contribution in [3.8, 4) is 0 Å². The molecule has 0 fully saturated rings. The van der Waals surface area contributed by atoms with Crippen LogP contribution in [0.1, 0.15) is 17.9 Å². The molecule has 1 aromatic rings. The highest BCUT2D eigenvalue weighted by molar-refractivity contribution is 9.10. The van der Waals surface area contributed by atoms with Crippen LogP contribution in [0.5, 0.6) is 0 Å². The van der Waals surface area contributed by atoms with E-state index in [0.717, 1.165) is 10.0 Å². The van der Waals surface area contributed by atoms with E-state index < -0.39 is 18.1 Å². The Morgan fingerprint density at radius 2 is 2.06 bits per heavy atom. The van der Waals surface area contributed by atoms with Gasteiger partial charge in [-0.25, -0.2) is 4.39 Å². The van der Waals surface area contributed by atoms with E-state index in [1.165, 1.54) is 7.11 Å². The van der Waals surface area contributed by atoms with Crippen LogP contribution in [0.2, 0.25) is 0 Å². The normalized spacial score (nSPS) is 26.9. The van der Waals surface area contributed by atoms with E-state index in [4.69, 9.17) is 0 Å². The molecular weight excluding hydrogens is 299 g/mol. The summed E-state index contributed by atoms with van der Waals surface area (Å²) < 4.78 is 20.0. The Labute approximate surface area is 114 Å². The maximum absolute atomic E-state index is 14.4. The van der Waals surface area contributed by atoms with Crippen molar-refractivity contribution in [3.05, 3.63) is 46.5 Å². The Morgan fingerprint density at radius 1 is 1.39 bits per heavy atom. The first-order valence-electron chi connectivity index (χ1n) is 5.77. The molecular formula is C14H14BrFO2. The number of alkyl halides is 1. The minimum atomic E-state index is -1.23. The SMILES string of the molecule is COC(=O)C1CC=CC(c2ccc(Br)cc2)C1F. The first-order chi connectivity index (χ1) is 8.63. The van der Waals surface area contributed by atoms with Crippen LogP contribution in [-0.2, 0) is 9.53 Å². The molecule has 0 heterocycles. The molecule has 0 saturated heterocycles. The van der Waals surface area contributed by atoms with Crippen LogP contribution >= 0.6 is 15.9 Å². The lowest BCUT2D eigenvalue weighted by atomic mass is 9.81. The monoisotopic (exact) mass is 312 g/mol. The molecule has 2 rings (SSSR count). The van der Waals surface area contributed by atoms with Gasteiger partial charge < -0.3 is 4.74 Å². The Kier molecular flexibility index (Phi) is 4.17. The predicted octanol–water partition coefficient (Wildman–Crippen LogP) is 3.62. The third-order valence-corrected chi connectivity index (χ3v) is 3.75. The molecule has 96 valence electrons. The lowest BCUT2D eigenvalue weighted by molar-refractivity contribution is -0.148. The zero-order chi connectivity index (χ0) is 13.1. The van der Waals surface area contributed by atoms with E-state index in [2.05, 4.69) is 20.7 Å². The summed E-state index contributed by atoms with van der Waals surface area (Å²) in [5, 5.41) is 0. The second-order valence-corrected chi connectivity index (χ2v) is 5.23. The standard InChI is InChI=1S/C14H14BrFO2/c1-18-14(17)12-4-2-3-11(13(12)16)9-5-7-10(15)8-6-9/h2-3,5-8,11-13H,4H2,1H3. The number of rotatable bonds is 2. The lowest BCUT2D eigenvalue weighted by Crippen LogP contribution is -2.32. The summed E-state index contributed by atoms with van der Waals surface area (Å²) in [6, 6.07) is 7.48. The number of methoxy groups -OCH3 is 1. The van der Waals surface area contributed by atoms with Crippen LogP contribution in [-0.4, -0.2) is 19.3 Å². The van der Waals surface area contributed by atoms with Crippen molar-refractivity contribution < 1.29 is 13.9 Å². The molecule has 0 amide bonds. The highest BCUT2D eigenvalue weighted by Crippen LogP contribution is 2.35. The number of ether oxygens (including phenoxy) is 1. The third kappa shape index (κ3) is 2.64. The first-order valence-corrected chi connectivity index (χ1v) is 6.57. The molecule has 2 nitrogen and oxygen atoms in total. The number of carbonyl (C=O) groups is 1. The van der Waals surface area contributed by atoms with Crippen LogP contribution in [0.15, 0.2) is 40.9 Å². The molecule has 1 aromatic carbocycles. The number of hydrogen-bond acceptors (Lipinski definition) is 2. The molecule has 0 bridgehead atoms. The zero-order valence-electron chi connectivity index (χ0n) is 9.98. The Bertz CT molecular complexity index is 455. The van der Waals surface area contributed by atoms with E-state index >= 15 is 0 Å². The zero-order valence-corrected chi connectivity index (χ0v) is 11.6. The fourth-order valence-electron chi connectivity index (χ4n) is 2.22. The molecule has 1 aliphatic rings. The number of carbonyl (C=O) groups excluding carboxylic acids is 1. The topological polar surface area (TPSA) is 26.3 Å². The molecule has 0 saturated carbocycles. The Morgan fingerprint density at radius 3 is 2.67 bits per heavy atom. The van der Waals surface area contributed by atoms with Gasteiger partial charge in [0.25, 0.3) is 0 Å². The van der Waals surface area contributed by atoms with E-state index in [1.54, 1.807) is 0 Å². The maximum atomic E-state index is 14.4. The van der Waals surface area contributed by atoms with Crippen molar-refractivity contribution in [1.82, 2.24) is 0 Å². The van der Waals surface area contributed by atoms with Gasteiger partial charge in [0.15, 0.2) is 0 Å². The smallest absolute Gasteiger partial charge is 0.311 e. The summed E-state index contributed by atoms with van der Waals surface area (Å²) in [5.41, 5.74) is 0.871. The lowest BCUT2D eigenvalue weighted by Gasteiger charge is -2.27. The van der Waals surface area contributed by atoms with Gasteiger partial charge in [-0.05, 0) is 24.1 Å². The largest absolute Gasteiger partial charge is 0.469 e. The maximum Gasteiger partial charge on any atom is 0.311 e. The van der Waals surface area contributed by atoms with Crippen LogP contribution in [0.4, 0.5) is 4.39 Å². The van der Waals surface area contributed by atoms with Crippen LogP contribution < -0.4 is 0 Å². The molecule has 3 atom stereocenters. The second kappa shape index (κ2) is 5.65. The number of benzene rings is 1. The van der Waals surface area contributed by atoms with Crippen molar-refractivity contribution in [1.29, 1.82) is 0 Å². The second-order valence-electron chi connectivity index (χ2n) is 4.32. The molecule has 0 N–H and O–H groups in total. The minimum Gasteiger partial charge on any atom is -0.469 e. The first kappa shape index (κ1) is 13.3. The van der Waals surface area contributed by atoms with Crippen LogP contribution in [0.3, 0.4) is 0 Å². The summed E-state index contributed by atoms with van der Waals surface area (Å²) in [6.45, 7) is 0. The Hall–Kier alpha value is -1.16. The molecule has 0 aromatic heterocycles. The number of esters is 1. The van der Waals surface area contributed by atoms with Gasteiger partial charge in [-0.2, -0.15) is 0 Å². The summed E-state index contributed by atoms with van der Waals surface area (Å²) in [7, 11) is 1.29. The quantitative estimate of drug-likeness (QED) is 0.616. The Balaban J connectivity index is 2.23. The van der Waals surface area contributed by atoms with Gasteiger partial charge in [0.05, 0.1) is 13.0 Å².